The van der Waals surface area contributed by atoms with Gasteiger partial charge in [0, 0.05) is 22.5 Å². The van der Waals surface area contributed by atoms with Crippen LogP contribution in [0.5, 0.6) is 0 Å². The third kappa shape index (κ3) is 2.31. The monoisotopic (exact) mass is 255 g/mol. The molecule has 0 saturated heterocycles. The van der Waals surface area contributed by atoms with Crippen molar-refractivity contribution in [3.63, 3.8) is 0 Å². The highest BCUT2D eigenvalue weighted by Gasteiger charge is 2.28. The fraction of sp³-hybridized carbons (Fsp3) is 0.556. The number of fused-ring (bicyclic) bond motifs is 3. The van der Waals surface area contributed by atoms with Gasteiger partial charge < -0.3 is 4.98 Å². The first-order chi connectivity index (χ1) is 9.31. The van der Waals surface area contributed by atoms with Gasteiger partial charge in [0.1, 0.15) is 0 Å². The van der Waals surface area contributed by atoms with E-state index in [0.717, 1.165) is 11.8 Å². The van der Waals surface area contributed by atoms with Gasteiger partial charge in [0.15, 0.2) is 0 Å². The first kappa shape index (κ1) is 12.8. The van der Waals surface area contributed by atoms with Gasteiger partial charge in [-0.3, -0.25) is 0 Å². The standard InChI is InChI=1S/C18H25N/c1-3-4-5-8-14-13(2)11-12-16-15-9-6-7-10-17(15)19-18(14)16/h6-7,9-10,13-14,19H,3-5,8,11-12H2,1-2H3. The Balaban J connectivity index is 1.94. The van der Waals surface area contributed by atoms with Crippen LogP contribution in [0.15, 0.2) is 24.3 Å². The summed E-state index contributed by atoms with van der Waals surface area (Å²) in [7, 11) is 0. The second kappa shape index (κ2) is 5.40. The lowest BCUT2D eigenvalue weighted by atomic mass is 9.76. The first-order valence-corrected chi connectivity index (χ1v) is 7.90. The van der Waals surface area contributed by atoms with Gasteiger partial charge >= 0.3 is 0 Å². The normalized spacial score (nSPS) is 22.6. The van der Waals surface area contributed by atoms with Gasteiger partial charge in [-0.2, -0.15) is 0 Å². The van der Waals surface area contributed by atoms with Gasteiger partial charge in [-0.15, -0.1) is 0 Å². The van der Waals surface area contributed by atoms with Crippen LogP contribution in [0.1, 0.15) is 63.1 Å². The molecule has 1 aliphatic rings. The molecule has 1 aromatic carbocycles. The summed E-state index contributed by atoms with van der Waals surface area (Å²) >= 11 is 0. The van der Waals surface area contributed by atoms with Crippen LogP contribution in [-0.2, 0) is 6.42 Å². The molecule has 19 heavy (non-hydrogen) atoms. The molecule has 0 spiro atoms. The van der Waals surface area contributed by atoms with Crippen LogP contribution in [0.4, 0.5) is 0 Å². The second-order valence-electron chi connectivity index (χ2n) is 6.18. The average Bonchev–Trinajstić information content (AvgIpc) is 2.80. The van der Waals surface area contributed by atoms with Crippen molar-refractivity contribution in [1.82, 2.24) is 4.98 Å². The number of para-hydroxylation sites is 1. The summed E-state index contributed by atoms with van der Waals surface area (Å²) in [6, 6.07) is 8.81. The van der Waals surface area contributed by atoms with Crippen LogP contribution < -0.4 is 0 Å². The zero-order valence-corrected chi connectivity index (χ0v) is 12.2. The molecule has 1 heteroatoms. The summed E-state index contributed by atoms with van der Waals surface area (Å²) < 4.78 is 0. The number of aromatic nitrogens is 1. The minimum Gasteiger partial charge on any atom is -0.358 e. The van der Waals surface area contributed by atoms with Crippen LogP contribution in [0.2, 0.25) is 0 Å². The zero-order chi connectivity index (χ0) is 13.2. The molecule has 2 unspecified atom stereocenters. The van der Waals surface area contributed by atoms with Crippen LogP contribution in [0.25, 0.3) is 10.9 Å². The van der Waals surface area contributed by atoms with Gasteiger partial charge in [0.25, 0.3) is 0 Å². The highest BCUT2D eigenvalue weighted by atomic mass is 14.7. The SMILES string of the molecule is CCCCCC1c2[nH]c3ccccc3c2CCC1C. The summed E-state index contributed by atoms with van der Waals surface area (Å²) in [5.74, 6) is 1.58. The van der Waals surface area contributed by atoms with Crippen LogP contribution in [0.3, 0.4) is 0 Å². The summed E-state index contributed by atoms with van der Waals surface area (Å²) in [4.78, 5) is 3.72. The Labute approximate surface area is 116 Å². The van der Waals surface area contributed by atoms with Crippen molar-refractivity contribution in [3.05, 3.63) is 35.5 Å². The van der Waals surface area contributed by atoms with E-state index in [4.69, 9.17) is 0 Å². The molecular weight excluding hydrogens is 230 g/mol. The topological polar surface area (TPSA) is 15.8 Å². The Bertz CT molecular complexity index is 552. The second-order valence-corrected chi connectivity index (χ2v) is 6.18. The smallest absolute Gasteiger partial charge is 0.0459 e. The number of rotatable bonds is 4. The lowest BCUT2D eigenvalue weighted by Gasteiger charge is -2.29. The molecule has 2 atom stereocenters. The fourth-order valence-electron chi connectivity index (χ4n) is 3.71. The number of H-pyrrole nitrogens is 1. The van der Waals surface area contributed by atoms with Crippen LogP contribution in [0, 0.1) is 5.92 Å². The molecule has 0 aliphatic heterocycles. The highest BCUT2D eigenvalue weighted by molar-refractivity contribution is 5.85. The van der Waals surface area contributed by atoms with Crippen molar-refractivity contribution in [1.29, 1.82) is 0 Å². The van der Waals surface area contributed by atoms with E-state index in [1.165, 1.54) is 49.4 Å². The molecule has 102 valence electrons. The number of nitrogens with one attached hydrogen (secondary N) is 1. The molecular formula is C18H25N. The van der Waals surface area contributed by atoms with Gasteiger partial charge in [-0.25, -0.2) is 0 Å². The highest BCUT2D eigenvalue weighted by Crippen LogP contribution is 2.41. The minimum atomic E-state index is 0.752. The Morgan fingerprint density at radius 2 is 2.05 bits per heavy atom. The van der Waals surface area contributed by atoms with Gasteiger partial charge in [0.2, 0.25) is 0 Å². The number of aromatic amines is 1. The van der Waals surface area contributed by atoms with Crippen molar-refractivity contribution in [2.45, 2.75) is 58.3 Å². The first-order valence-electron chi connectivity index (χ1n) is 7.90. The third-order valence-corrected chi connectivity index (χ3v) is 4.87. The molecule has 2 aromatic rings. The molecule has 3 rings (SSSR count). The van der Waals surface area contributed by atoms with E-state index in [1.54, 1.807) is 11.3 Å². The molecule has 0 saturated carbocycles. The maximum absolute atomic E-state index is 3.72. The van der Waals surface area contributed by atoms with Crippen LogP contribution >= 0.6 is 0 Å². The molecule has 1 N–H and O–H groups in total. The summed E-state index contributed by atoms with van der Waals surface area (Å²) in [5, 5.41) is 1.46. The lowest BCUT2D eigenvalue weighted by Crippen LogP contribution is -2.18. The van der Waals surface area contributed by atoms with E-state index in [9.17, 15) is 0 Å². The number of hydrogen-bond acceptors (Lipinski definition) is 0. The summed E-state index contributed by atoms with van der Waals surface area (Å²) in [6.07, 6.45) is 8.03. The van der Waals surface area contributed by atoms with Crippen molar-refractivity contribution in [2.75, 3.05) is 0 Å². The van der Waals surface area contributed by atoms with E-state index in [-0.39, 0.29) is 0 Å². The molecule has 1 nitrogen and oxygen atoms in total. The third-order valence-electron chi connectivity index (χ3n) is 4.87. The maximum Gasteiger partial charge on any atom is 0.0459 e. The van der Waals surface area contributed by atoms with Crippen molar-refractivity contribution in [2.24, 2.45) is 5.92 Å². The molecule has 1 aromatic heterocycles. The number of aryl methyl sites for hydroxylation is 1. The predicted octanol–water partition coefficient (Wildman–Crippen LogP) is 5.41. The van der Waals surface area contributed by atoms with Crippen molar-refractivity contribution in [3.8, 4) is 0 Å². The molecule has 0 bridgehead atoms. The van der Waals surface area contributed by atoms with E-state index in [0.29, 0.717) is 0 Å². The fourth-order valence-corrected chi connectivity index (χ4v) is 3.71. The maximum atomic E-state index is 3.72. The van der Waals surface area contributed by atoms with Gasteiger partial charge in [-0.1, -0.05) is 51.3 Å². The van der Waals surface area contributed by atoms with E-state index < -0.39 is 0 Å². The quantitative estimate of drug-likeness (QED) is 0.703. The Kier molecular flexibility index (Phi) is 3.63. The Morgan fingerprint density at radius 1 is 1.21 bits per heavy atom. The summed E-state index contributed by atoms with van der Waals surface area (Å²) in [5.41, 5.74) is 4.49. The van der Waals surface area contributed by atoms with Crippen molar-refractivity contribution >= 4 is 10.9 Å². The van der Waals surface area contributed by atoms with Gasteiger partial charge in [0.05, 0.1) is 0 Å². The average molecular weight is 255 g/mol. The minimum absolute atomic E-state index is 0.752. The van der Waals surface area contributed by atoms with E-state index in [2.05, 4.69) is 43.1 Å². The molecule has 1 heterocycles. The Morgan fingerprint density at radius 3 is 2.89 bits per heavy atom. The van der Waals surface area contributed by atoms with Crippen LogP contribution in [-0.4, -0.2) is 4.98 Å². The zero-order valence-electron chi connectivity index (χ0n) is 12.2. The molecule has 0 fully saturated rings. The number of unbranched alkanes of at least 4 members (excludes halogenated alkanes) is 2. The van der Waals surface area contributed by atoms with E-state index in [1.807, 2.05) is 0 Å². The number of hydrogen-bond donors (Lipinski definition) is 1. The van der Waals surface area contributed by atoms with Crippen molar-refractivity contribution < 1.29 is 0 Å². The Hall–Kier alpha value is -1.24. The van der Waals surface area contributed by atoms with E-state index >= 15 is 0 Å². The molecule has 0 amide bonds. The predicted molar refractivity (Wildman–Crippen MR) is 82.7 cm³/mol. The summed E-state index contributed by atoms with van der Waals surface area (Å²) in [6.45, 7) is 4.73. The lowest BCUT2D eigenvalue weighted by molar-refractivity contribution is 0.368. The largest absolute Gasteiger partial charge is 0.358 e. The molecule has 1 aliphatic carbocycles. The van der Waals surface area contributed by atoms with Gasteiger partial charge in [-0.05, 0) is 36.8 Å². The molecule has 0 radical (unpaired) electrons. The number of benzene rings is 1.